The van der Waals surface area contributed by atoms with Gasteiger partial charge in [-0.1, -0.05) is 0 Å². The van der Waals surface area contributed by atoms with Gasteiger partial charge in [-0.3, -0.25) is 0 Å². The van der Waals surface area contributed by atoms with Crippen molar-refractivity contribution in [2.45, 2.75) is 43.0 Å². The lowest BCUT2D eigenvalue weighted by atomic mass is 9.70. The Labute approximate surface area is 289 Å². The molecule has 2 atom stereocenters. The molecule has 0 radical (unpaired) electrons. The van der Waals surface area contributed by atoms with Crippen molar-refractivity contribution in [3.05, 3.63) is 139 Å². The van der Waals surface area contributed by atoms with Gasteiger partial charge in [0.2, 0.25) is 23.3 Å². The fourth-order valence-corrected chi connectivity index (χ4v) is 5.95. The number of hydrogen-bond acceptors (Lipinski definition) is 4. The van der Waals surface area contributed by atoms with Crippen molar-refractivity contribution >= 4 is 0 Å². The second-order valence-corrected chi connectivity index (χ2v) is 11.8. The van der Waals surface area contributed by atoms with Crippen LogP contribution in [0.15, 0.2) is 0 Å². The second kappa shape index (κ2) is 13.2. The van der Waals surface area contributed by atoms with Gasteiger partial charge in [-0.2, -0.15) is 0 Å². The fourth-order valence-electron chi connectivity index (χ4n) is 5.95. The summed E-state index contributed by atoms with van der Waals surface area (Å²) in [6.45, 7) is 0.685. The minimum absolute atomic E-state index is 0.342. The van der Waals surface area contributed by atoms with Crippen molar-refractivity contribution in [3.63, 3.8) is 0 Å². The first-order chi connectivity index (χ1) is 25.1. The van der Waals surface area contributed by atoms with Gasteiger partial charge in [0, 0.05) is 0 Å². The largest absolute Gasteiger partial charge is 0.377 e. The van der Waals surface area contributed by atoms with Crippen molar-refractivity contribution in [1.82, 2.24) is 0 Å². The summed E-state index contributed by atoms with van der Waals surface area (Å²) < 4.78 is 308. The number of benzene rings is 4. The maximum absolute atomic E-state index is 15.5. The maximum Gasteiger partial charge on any atom is 0.200 e. The summed E-state index contributed by atoms with van der Waals surface area (Å²) in [6.07, 6.45) is -8.50. The van der Waals surface area contributed by atoms with E-state index >= 15 is 35.1 Å². The highest BCUT2D eigenvalue weighted by Crippen LogP contribution is 2.55. The molecule has 1 aliphatic rings. The van der Waals surface area contributed by atoms with E-state index in [2.05, 4.69) is 0 Å². The van der Waals surface area contributed by atoms with Crippen LogP contribution in [0, 0.1) is 116 Å². The molecule has 1 heterocycles. The second-order valence-electron chi connectivity index (χ2n) is 11.8. The smallest absolute Gasteiger partial charge is 0.200 e. The molecule has 0 amide bonds. The minimum atomic E-state index is -5.55. The monoisotopic (exact) mass is 826 g/mol. The minimum Gasteiger partial charge on any atom is -0.377 e. The van der Waals surface area contributed by atoms with Crippen LogP contribution in [0.4, 0.5) is 87.8 Å². The van der Waals surface area contributed by atoms with E-state index in [0.29, 0.717) is 13.8 Å². The van der Waals surface area contributed by atoms with E-state index in [0.717, 1.165) is 0 Å². The Morgan fingerprint density at radius 1 is 0.309 bits per heavy atom. The summed E-state index contributed by atoms with van der Waals surface area (Å²) in [7, 11) is 0. The Bertz CT molecular complexity index is 1910. The van der Waals surface area contributed by atoms with E-state index in [1.807, 2.05) is 0 Å². The average Bonchev–Trinajstić information content (AvgIpc) is 3.47. The van der Waals surface area contributed by atoms with Gasteiger partial charge in [-0.25, -0.2) is 87.8 Å². The van der Waals surface area contributed by atoms with Gasteiger partial charge in [0.05, 0.1) is 22.3 Å². The Hall–Kier alpha value is -4.68. The highest BCUT2D eigenvalue weighted by Gasteiger charge is 2.67. The summed E-state index contributed by atoms with van der Waals surface area (Å²) in [4.78, 5) is 0. The number of rotatable bonds is 6. The standard InChI is InChI=1S/C31H10F20O4/c1-29(2)54-27(30(52,3-7(32)15(40)23(48)16(41)8(3)33)4-9(34)17(42)24(49)18(43)10(4)35)28(55-29)31(53,5-11(36)19(44)25(50)20(45)12(5)37)6-13(38)21(46)26(51)22(47)14(6)39/h27-28,52-53H,1-2H3. The Kier molecular flexibility index (Phi) is 9.97. The molecular formula is C31H10F20O4. The number of aliphatic hydroxyl groups is 2. The SMILES string of the molecule is CC1(C)OC(C(O)(c2c(F)c(F)c(F)c(F)c2F)c2c(F)c(F)c(F)c(F)c2F)C(C(O)(c2c(F)c(F)c(F)c(F)c2F)c2c(F)c(F)c(F)c(F)c2F)O1. The normalized spacial score (nSPS) is 17.5. The fraction of sp³-hybridized carbons (Fsp3) is 0.226. The highest BCUT2D eigenvalue weighted by atomic mass is 19.2. The lowest BCUT2D eigenvalue weighted by Crippen LogP contribution is -2.57. The predicted molar refractivity (Wildman–Crippen MR) is 135 cm³/mol. The molecule has 2 N–H and O–H groups in total. The molecule has 0 saturated carbocycles. The summed E-state index contributed by atoms with van der Waals surface area (Å²) in [5.74, 6) is -70.1. The topological polar surface area (TPSA) is 58.9 Å². The first-order valence-corrected chi connectivity index (χ1v) is 14.0. The van der Waals surface area contributed by atoms with Crippen molar-refractivity contribution < 1.29 is 107 Å². The van der Waals surface area contributed by atoms with Gasteiger partial charge in [-0.05, 0) is 13.8 Å². The van der Waals surface area contributed by atoms with Gasteiger partial charge >= 0.3 is 0 Å². The highest BCUT2D eigenvalue weighted by molar-refractivity contribution is 5.48. The molecule has 0 bridgehead atoms. The molecule has 0 spiro atoms. The third-order valence-corrected chi connectivity index (χ3v) is 8.28. The summed E-state index contributed by atoms with van der Waals surface area (Å²) in [6, 6.07) is 0. The van der Waals surface area contributed by atoms with Gasteiger partial charge in [0.25, 0.3) is 0 Å². The first kappa shape index (κ1) is 41.5. The van der Waals surface area contributed by atoms with Gasteiger partial charge in [-0.15, -0.1) is 0 Å². The molecule has 1 fully saturated rings. The third-order valence-electron chi connectivity index (χ3n) is 8.28. The first-order valence-electron chi connectivity index (χ1n) is 14.0. The van der Waals surface area contributed by atoms with Crippen LogP contribution in [0.25, 0.3) is 0 Å². The zero-order valence-electron chi connectivity index (χ0n) is 25.9. The van der Waals surface area contributed by atoms with Crippen LogP contribution in [-0.4, -0.2) is 28.2 Å². The van der Waals surface area contributed by atoms with Crippen LogP contribution in [0.2, 0.25) is 0 Å². The van der Waals surface area contributed by atoms with Crippen molar-refractivity contribution in [2.24, 2.45) is 0 Å². The van der Waals surface area contributed by atoms with Crippen molar-refractivity contribution in [2.75, 3.05) is 0 Å². The molecule has 0 aliphatic carbocycles. The van der Waals surface area contributed by atoms with Crippen LogP contribution in [0.5, 0.6) is 0 Å². The molecule has 24 heteroatoms. The lowest BCUT2D eigenvalue weighted by molar-refractivity contribution is -0.174. The average molecular weight is 826 g/mol. The van der Waals surface area contributed by atoms with Gasteiger partial charge < -0.3 is 19.7 Å². The Morgan fingerprint density at radius 3 is 0.582 bits per heavy atom. The zero-order valence-corrected chi connectivity index (χ0v) is 25.9. The molecule has 5 rings (SSSR count). The molecule has 4 nitrogen and oxygen atoms in total. The summed E-state index contributed by atoms with van der Waals surface area (Å²) in [5.41, 5.74) is -24.0. The van der Waals surface area contributed by atoms with E-state index in [9.17, 15) is 62.9 Å². The molecule has 4 aromatic carbocycles. The van der Waals surface area contributed by atoms with Gasteiger partial charge in [0.15, 0.2) is 110 Å². The summed E-state index contributed by atoms with van der Waals surface area (Å²) >= 11 is 0. The molecule has 1 aliphatic heterocycles. The van der Waals surface area contributed by atoms with E-state index < -0.39 is 168 Å². The molecule has 0 aromatic heterocycles. The van der Waals surface area contributed by atoms with Crippen molar-refractivity contribution in [1.29, 1.82) is 0 Å². The Morgan fingerprint density at radius 2 is 0.436 bits per heavy atom. The zero-order chi connectivity index (χ0) is 41.9. The van der Waals surface area contributed by atoms with Crippen LogP contribution in [0.1, 0.15) is 36.1 Å². The van der Waals surface area contributed by atoms with E-state index in [1.54, 1.807) is 0 Å². The van der Waals surface area contributed by atoms with E-state index in [1.165, 1.54) is 0 Å². The quantitative estimate of drug-likeness (QED) is 0.117. The maximum atomic E-state index is 15.5. The van der Waals surface area contributed by atoms with Gasteiger partial charge in [0.1, 0.15) is 12.2 Å². The van der Waals surface area contributed by atoms with Crippen LogP contribution in [0.3, 0.4) is 0 Å². The van der Waals surface area contributed by atoms with Crippen LogP contribution >= 0.6 is 0 Å². The van der Waals surface area contributed by atoms with Crippen LogP contribution in [-0.2, 0) is 20.7 Å². The summed E-state index contributed by atoms with van der Waals surface area (Å²) in [5, 5.41) is 23.8. The third kappa shape index (κ3) is 5.53. The molecule has 298 valence electrons. The molecule has 1 saturated heterocycles. The van der Waals surface area contributed by atoms with Crippen molar-refractivity contribution in [3.8, 4) is 0 Å². The molecule has 55 heavy (non-hydrogen) atoms. The van der Waals surface area contributed by atoms with Crippen LogP contribution < -0.4 is 0 Å². The number of hydrogen-bond donors (Lipinski definition) is 2. The molecule has 2 unspecified atom stereocenters. The molecule has 4 aromatic rings. The molecular weight excluding hydrogens is 816 g/mol. The number of ether oxygens (including phenoxy) is 2. The predicted octanol–water partition coefficient (Wildman–Crippen LogP) is 8.16. The number of halogens is 20. The Balaban J connectivity index is 2.12. The van der Waals surface area contributed by atoms with E-state index in [-0.39, 0.29) is 0 Å². The van der Waals surface area contributed by atoms with E-state index in [4.69, 9.17) is 9.47 Å². The lowest BCUT2D eigenvalue weighted by Gasteiger charge is -2.42.